The van der Waals surface area contributed by atoms with Crippen LogP contribution in [-0.4, -0.2) is 43.4 Å². The largest absolute Gasteiger partial charge is 0.461 e. The molecule has 3 rings (SSSR count). The SMILES string of the molecule is Cc1cc(C(=O)N[C@@H](Cn2ccnc2)C(=O)OC(C)C)nn1-c1ccccc1. The third kappa shape index (κ3) is 4.64. The van der Waals surface area contributed by atoms with Crippen LogP contribution in [0.25, 0.3) is 5.69 Å². The number of carbonyl (C=O) groups excluding carboxylic acids is 2. The molecule has 0 aliphatic rings. The molecule has 1 atom stereocenters. The van der Waals surface area contributed by atoms with Crippen molar-refractivity contribution in [2.75, 3.05) is 0 Å². The number of aromatic nitrogens is 4. The molecular weight excluding hydrogens is 358 g/mol. The maximum Gasteiger partial charge on any atom is 0.330 e. The molecule has 1 amide bonds. The summed E-state index contributed by atoms with van der Waals surface area (Å²) in [7, 11) is 0. The molecule has 0 unspecified atom stereocenters. The lowest BCUT2D eigenvalue weighted by Gasteiger charge is -2.19. The van der Waals surface area contributed by atoms with Gasteiger partial charge in [0.1, 0.15) is 6.04 Å². The minimum Gasteiger partial charge on any atom is -0.461 e. The molecule has 3 aromatic rings. The highest BCUT2D eigenvalue weighted by atomic mass is 16.5. The highest BCUT2D eigenvalue weighted by Gasteiger charge is 2.25. The highest BCUT2D eigenvalue weighted by molar-refractivity contribution is 5.95. The second-order valence-electron chi connectivity index (χ2n) is 6.69. The van der Waals surface area contributed by atoms with Crippen molar-refractivity contribution in [2.45, 2.75) is 39.5 Å². The van der Waals surface area contributed by atoms with Gasteiger partial charge in [0.05, 0.1) is 24.7 Å². The van der Waals surface area contributed by atoms with Crippen LogP contribution in [0.2, 0.25) is 0 Å². The quantitative estimate of drug-likeness (QED) is 0.633. The molecule has 1 aromatic carbocycles. The molecule has 0 spiro atoms. The van der Waals surface area contributed by atoms with Crippen molar-refractivity contribution >= 4 is 11.9 Å². The van der Waals surface area contributed by atoms with Crippen molar-refractivity contribution in [3.8, 4) is 5.69 Å². The lowest BCUT2D eigenvalue weighted by Crippen LogP contribution is -2.45. The summed E-state index contributed by atoms with van der Waals surface area (Å²) in [4.78, 5) is 29.2. The molecule has 2 heterocycles. The number of para-hydroxylation sites is 1. The molecule has 1 N–H and O–H groups in total. The average Bonchev–Trinajstić information content (AvgIpc) is 3.31. The van der Waals surface area contributed by atoms with Crippen LogP contribution in [0.1, 0.15) is 30.0 Å². The number of nitrogens with one attached hydrogen (secondary N) is 1. The van der Waals surface area contributed by atoms with Gasteiger partial charge in [-0.1, -0.05) is 18.2 Å². The predicted octanol–water partition coefficient (Wildman–Crippen LogP) is 2.13. The van der Waals surface area contributed by atoms with Crippen LogP contribution in [-0.2, 0) is 16.1 Å². The van der Waals surface area contributed by atoms with Gasteiger partial charge in [0, 0.05) is 18.1 Å². The summed E-state index contributed by atoms with van der Waals surface area (Å²) in [5.41, 5.74) is 1.90. The first-order chi connectivity index (χ1) is 13.4. The Hall–Kier alpha value is -3.42. The Balaban J connectivity index is 1.78. The summed E-state index contributed by atoms with van der Waals surface area (Å²) in [5, 5.41) is 7.11. The molecule has 2 aromatic heterocycles. The van der Waals surface area contributed by atoms with Crippen molar-refractivity contribution < 1.29 is 14.3 Å². The number of ether oxygens (including phenoxy) is 1. The number of carbonyl (C=O) groups is 2. The standard InChI is InChI=1S/C20H23N5O3/c1-14(2)28-20(27)18(12-24-10-9-21-13-24)22-19(26)17-11-15(3)25(23-17)16-7-5-4-6-8-16/h4-11,13-14,18H,12H2,1-3H3,(H,22,26)/t18-/m0/s1. The van der Waals surface area contributed by atoms with E-state index >= 15 is 0 Å². The third-order valence-electron chi connectivity index (χ3n) is 4.02. The Kier molecular flexibility index (Phi) is 5.88. The third-order valence-corrected chi connectivity index (χ3v) is 4.02. The maximum atomic E-state index is 12.8. The van der Waals surface area contributed by atoms with E-state index in [-0.39, 0.29) is 18.3 Å². The van der Waals surface area contributed by atoms with Crippen molar-refractivity contribution in [1.29, 1.82) is 0 Å². The van der Waals surface area contributed by atoms with E-state index in [1.54, 1.807) is 47.9 Å². The number of amides is 1. The molecule has 0 radical (unpaired) electrons. The lowest BCUT2D eigenvalue weighted by molar-refractivity contribution is -0.150. The predicted molar refractivity (Wildman–Crippen MR) is 103 cm³/mol. The fourth-order valence-electron chi connectivity index (χ4n) is 2.75. The zero-order valence-corrected chi connectivity index (χ0v) is 16.1. The fourth-order valence-corrected chi connectivity index (χ4v) is 2.75. The van der Waals surface area contributed by atoms with E-state index in [9.17, 15) is 9.59 Å². The lowest BCUT2D eigenvalue weighted by atomic mass is 10.2. The van der Waals surface area contributed by atoms with E-state index in [4.69, 9.17) is 4.74 Å². The van der Waals surface area contributed by atoms with Gasteiger partial charge < -0.3 is 14.6 Å². The molecule has 8 nitrogen and oxygen atoms in total. The Bertz CT molecular complexity index is 932. The van der Waals surface area contributed by atoms with Gasteiger partial charge in [-0.3, -0.25) is 4.79 Å². The van der Waals surface area contributed by atoms with Crippen LogP contribution in [0, 0.1) is 6.92 Å². The monoisotopic (exact) mass is 381 g/mol. The van der Waals surface area contributed by atoms with Gasteiger partial charge in [0.15, 0.2) is 5.69 Å². The number of aryl methyl sites for hydroxylation is 1. The molecule has 0 aliphatic heterocycles. The molecule has 0 bridgehead atoms. The van der Waals surface area contributed by atoms with Crippen molar-refractivity contribution in [1.82, 2.24) is 24.6 Å². The minimum absolute atomic E-state index is 0.218. The number of hydrogen-bond donors (Lipinski definition) is 1. The Morgan fingerprint density at radius 1 is 1.21 bits per heavy atom. The van der Waals surface area contributed by atoms with Crippen LogP contribution in [0.4, 0.5) is 0 Å². The van der Waals surface area contributed by atoms with Crippen LogP contribution >= 0.6 is 0 Å². The second-order valence-corrected chi connectivity index (χ2v) is 6.69. The fraction of sp³-hybridized carbons (Fsp3) is 0.300. The first kappa shape index (κ1) is 19.3. The summed E-state index contributed by atoms with van der Waals surface area (Å²) in [6.07, 6.45) is 4.62. The molecule has 0 saturated carbocycles. The van der Waals surface area contributed by atoms with Gasteiger partial charge in [-0.15, -0.1) is 0 Å². The van der Waals surface area contributed by atoms with E-state index in [0.29, 0.717) is 0 Å². The molecule has 0 fully saturated rings. The van der Waals surface area contributed by atoms with Crippen LogP contribution in [0.15, 0.2) is 55.1 Å². The van der Waals surface area contributed by atoms with E-state index in [2.05, 4.69) is 15.4 Å². The Morgan fingerprint density at radius 3 is 2.61 bits per heavy atom. The summed E-state index contributed by atoms with van der Waals surface area (Å²) < 4.78 is 8.68. The van der Waals surface area contributed by atoms with E-state index < -0.39 is 17.9 Å². The second kappa shape index (κ2) is 8.51. The van der Waals surface area contributed by atoms with Crippen molar-refractivity contribution in [3.05, 3.63) is 66.5 Å². The summed E-state index contributed by atoms with van der Waals surface area (Å²) in [5.74, 6) is -0.945. The summed E-state index contributed by atoms with van der Waals surface area (Å²) >= 11 is 0. The summed E-state index contributed by atoms with van der Waals surface area (Å²) in [6.45, 7) is 5.61. The van der Waals surface area contributed by atoms with Crippen LogP contribution in [0.5, 0.6) is 0 Å². The van der Waals surface area contributed by atoms with Gasteiger partial charge in [-0.05, 0) is 39.0 Å². The van der Waals surface area contributed by atoms with Gasteiger partial charge in [0.2, 0.25) is 0 Å². The Labute approximate surface area is 163 Å². The van der Waals surface area contributed by atoms with E-state index in [1.165, 1.54) is 0 Å². The topological polar surface area (TPSA) is 91.0 Å². The van der Waals surface area contributed by atoms with Crippen molar-refractivity contribution in [2.24, 2.45) is 0 Å². The maximum absolute atomic E-state index is 12.8. The number of rotatable bonds is 7. The Morgan fingerprint density at radius 2 is 1.96 bits per heavy atom. The molecule has 0 aliphatic carbocycles. The zero-order chi connectivity index (χ0) is 20.1. The zero-order valence-electron chi connectivity index (χ0n) is 16.1. The number of benzene rings is 1. The van der Waals surface area contributed by atoms with E-state index in [1.807, 2.05) is 37.3 Å². The molecule has 0 saturated heterocycles. The average molecular weight is 381 g/mol. The minimum atomic E-state index is -0.855. The van der Waals surface area contributed by atoms with Crippen LogP contribution < -0.4 is 5.32 Å². The number of nitrogens with zero attached hydrogens (tertiary/aromatic N) is 4. The first-order valence-electron chi connectivity index (χ1n) is 9.03. The van der Waals surface area contributed by atoms with Crippen molar-refractivity contribution in [3.63, 3.8) is 0 Å². The number of imidazole rings is 1. The smallest absolute Gasteiger partial charge is 0.330 e. The molecule has 146 valence electrons. The molecule has 8 heteroatoms. The number of esters is 1. The normalized spacial score (nSPS) is 12.0. The van der Waals surface area contributed by atoms with Gasteiger partial charge >= 0.3 is 5.97 Å². The summed E-state index contributed by atoms with van der Waals surface area (Å²) in [6, 6.07) is 10.4. The van der Waals surface area contributed by atoms with Gasteiger partial charge in [-0.2, -0.15) is 5.10 Å². The first-order valence-corrected chi connectivity index (χ1v) is 9.03. The highest BCUT2D eigenvalue weighted by Crippen LogP contribution is 2.12. The molecular formula is C20H23N5O3. The number of hydrogen-bond acceptors (Lipinski definition) is 5. The van der Waals surface area contributed by atoms with Gasteiger partial charge in [0.25, 0.3) is 5.91 Å². The van der Waals surface area contributed by atoms with Crippen LogP contribution in [0.3, 0.4) is 0 Å². The molecule has 28 heavy (non-hydrogen) atoms. The van der Waals surface area contributed by atoms with Gasteiger partial charge in [-0.25, -0.2) is 14.5 Å². The van der Waals surface area contributed by atoms with E-state index in [0.717, 1.165) is 11.4 Å².